The molecule has 3 nitrogen and oxygen atoms in total. The fraction of sp³-hybridized carbons (Fsp3) is 0.650. The number of carbonyl (C=O) groups excluding carboxylic acids is 1. The third-order valence-corrected chi connectivity index (χ3v) is 4.96. The van der Waals surface area contributed by atoms with Gasteiger partial charge in [-0.2, -0.15) is 0 Å². The number of hydrogen-bond donors (Lipinski definition) is 1. The van der Waals surface area contributed by atoms with Crippen molar-refractivity contribution in [2.45, 2.75) is 64.8 Å². The van der Waals surface area contributed by atoms with E-state index in [4.69, 9.17) is 0 Å². The fourth-order valence-corrected chi connectivity index (χ4v) is 3.47. The van der Waals surface area contributed by atoms with Gasteiger partial charge in [-0.25, -0.2) is 0 Å². The highest BCUT2D eigenvalue weighted by Crippen LogP contribution is 2.19. The van der Waals surface area contributed by atoms with Crippen molar-refractivity contribution >= 4 is 5.91 Å². The Hall–Kier alpha value is -1.35. The smallest absolute Gasteiger partial charge is 0.224 e. The normalized spacial score (nSPS) is 18.8. The van der Waals surface area contributed by atoms with Gasteiger partial charge in [0.15, 0.2) is 0 Å². The molecular formula is C20H32N2O. The number of benzene rings is 1. The van der Waals surface area contributed by atoms with E-state index in [2.05, 4.69) is 48.3 Å². The Morgan fingerprint density at radius 2 is 1.91 bits per heavy atom. The van der Waals surface area contributed by atoms with Crippen LogP contribution in [-0.2, 0) is 17.6 Å². The van der Waals surface area contributed by atoms with Gasteiger partial charge in [-0.3, -0.25) is 4.79 Å². The number of likely N-dealkylation sites (tertiary alicyclic amines) is 1. The Morgan fingerprint density at radius 1 is 1.17 bits per heavy atom. The molecule has 3 heteroatoms. The molecule has 1 aliphatic heterocycles. The van der Waals surface area contributed by atoms with Crippen LogP contribution in [0, 0.1) is 0 Å². The first-order valence-electron chi connectivity index (χ1n) is 9.31. The minimum absolute atomic E-state index is 0.139. The molecule has 0 aromatic heterocycles. The monoisotopic (exact) mass is 316 g/mol. The van der Waals surface area contributed by atoms with Crippen LogP contribution in [0.3, 0.4) is 0 Å². The second-order valence-electron chi connectivity index (χ2n) is 6.64. The maximum absolute atomic E-state index is 12.0. The average molecular weight is 316 g/mol. The average Bonchev–Trinajstić information content (AvgIpc) is 2.59. The lowest BCUT2D eigenvalue weighted by Gasteiger charge is -2.35. The van der Waals surface area contributed by atoms with Crippen LogP contribution in [0.15, 0.2) is 24.3 Å². The summed E-state index contributed by atoms with van der Waals surface area (Å²) in [6, 6.07) is 9.13. The van der Waals surface area contributed by atoms with E-state index < -0.39 is 0 Å². The zero-order chi connectivity index (χ0) is 16.5. The van der Waals surface area contributed by atoms with E-state index >= 15 is 0 Å². The highest BCUT2D eigenvalue weighted by Gasteiger charge is 2.19. The molecule has 0 aliphatic carbocycles. The van der Waals surface area contributed by atoms with Crippen molar-refractivity contribution in [1.29, 1.82) is 0 Å². The summed E-state index contributed by atoms with van der Waals surface area (Å²) in [6.45, 7) is 7.57. The zero-order valence-corrected chi connectivity index (χ0v) is 14.8. The number of nitrogens with zero attached hydrogens (tertiary/aromatic N) is 1. The van der Waals surface area contributed by atoms with Crippen LogP contribution in [0.2, 0.25) is 0 Å². The molecule has 23 heavy (non-hydrogen) atoms. The highest BCUT2D eigenvalue weighted by atomic mass is 16.1. The summed E-state index contributed by atoms with van der Waals surface area (Å²) < 4.78 is 0. The number of carbonyl (C=O) groups is 1. The summed E-state index contributed by atoms with van der Waals surface area (Å²) in [4.78, 5) is 14.6. The Labute approximate surface area is 141 Å². The predicted molar refractivity (Wildman–Crippen MR) is 96.7 cm³/mol. The number of nitrogens with one attached hydrogen (secondary N) is 1. The van der Waals surface area contributed by atoms with E-state index in [1.54, 1.807) is 0 Å². The molecule has 1 atom stereocenters. The molecular weight excluding hydrogens is 284 g/mol. The second kappa shape index (κ2) is 9.71. The molecule has 1 unspecified atom stereocenters. The molecule has 0 spiro atoms. The summed E-state index contributed by atoms with van der Waals surface area (Å²) >= 11 is 0. The fourth-order valence-electron chi connectivity index (χ4n) is 3.47. The van der Waals surface area contributed by atoms with Crippen molar-refractivity contribution in [3.05, 3.63) is 35.4 Å². The maximum Gasteiger partial charge on any atom is 0.224 e. The number of aryl methyl sites for hydroxylation is 1. The van der Waals surface area contributed by atoms with Gasteiger partial charge in [0.2, 0.25) is 5.91 Å². The van der Waals surface area contributed by atoms with Crippen LogP contribution < -0.4 is 5.32 Å². The molecule has 0 saturated carbocycles. The van der Waals surface area contributed by atoms with Gasteiger partial charge >= 0.3 is 0 Å². The lowest BCUT2D eigenvalue weighted by atomic mass is 10.00. The summed E-state index contributed by atoms with van der Waals surface area (Å²) in [7, 11) is 0. The van der Waals surface area contributed by atoms with E-state index in [0.29, 0.717) is 6.42 Å². The number of piperidine rings is 1. The molecule has 1 aliphatic rings. The molecule has 0 bridgehead atoms. The van der Waals surface area contributed by atoms with E-state index in [9.17, 15) is 4.79 Å². The van der Waals surface area contributed by atoms with Gasteiger partial charge in [0, 0.05) is 19.1 Å². The van der Waals surface area contributed by atoms with Crippen molar-refractivity contribution in [2.75, 3.05) is 19.6 Å². The number of hydrogen-bond acceptors (Lipinski definition) is 2. The molecule has 2 rings (SSSR count). The summed E-state index contributed by atoms with van der Waals surface area (Å²) in [5.74, 6) is 0.139. The van der Waals surface area contributed by atoms with Crippen molar-refractivity contribution in [3.8, 4) is 0 Å². The Bertz CT molecular complexity index is 469. The first-order chi connectivity index (χ1) is 11.2. The van der Waals surface area contributed by atoms with Crippen LogP contribution >= 0.6 is 0 Å². The van der Waals surface area contributed by atoms with Gasteiger partial charge in [-0.05, 0) is 49.8 Å². The summed E-state index contributed by atoms with van der Waals surface area (Å²) in [6.07, 6.45) is 7.89. The van der Waals surface area contributed by atoms with Crippen LogP contribution in [0.4, 0.5) is 0 Å². The molecule has 0 radical (unpaired) electrons. The molecule has 1 aromatic carbocycles. The lowest BCUT2D eigenvalue weighted by Crippen LogP contribution is -2.40. The molecule has 1 amide bonds. The van der Waals surface area contributed by atoms with Crippen molar-refractivity contribution in [1.82, 2.24) is 10.2 Å². The van der Waals surface area contributed by atoms with Gasteiger partial charge in [0.1, 0.15) is 0 Å². The second-order valence-corrected chi connectivity index (χ2v) is 6.64. The van der Waals surface area contributed by atoms with Crippen molar-refractivity contribution in [2.24, 2.45) is 0 Å². The van der Waals surface area contributed by atoms with Crippen LogP contribution in [-0.4, -0.2) is 36.5 Å². The molecule has 1 heterocycles. The molecule has 128 valence electrons. The van der Waals surface area contributed by atoms with E-state index in [1.807, 2.05) is 0 Å². The largest absolute Gasteiger partial charge is 0.356 e. The first kappa shape index (κ1) is 18.0. The molecule has 1 saturated heterocycles. The van der Waals surface area contributed by atoms with Gasteiger partial charge in [0.25, 0.3) is 0 Å². The SMILES string of the molecule is CCc1ccc(CC(=O)NCCCN2CCCCC2CC)cc1. The number of amides is 1. The van der Waals surface area contributed by atoms with Crippen LogP contribution in [0.1, 0.15) is 57.1 Å². The minimum atomic E-state index is 0.139. The van der Waals surface area contributed by atoms with E-state index in [0.717, 1.165) is 37.5 Å². The van der Waals surface area contributed by atoms with Crippen molar-refractivity contribution < 1.29 is 4.79 Å². The molecule has 1 N–H and O–H groups in total. The topological polar surface area (TPSA) is 32.3 Å². The van der Waals surface area contributed by atoms with Gasteiger partial charge < -0.3 is 10.2 Å². The quantitative estimate of drug-likeness (QED) is 0.744. The van der Waals surface area contributed by atoms with E-state index in [-0.39, 0.29) is 5.91 Å². The maximum atomic E-state index is 12.0. The van der Waals surface area contributed by atoms with Gasteiger partial charge in [-0.15, -0.1) is 0 Å². The molecule has 1 fully saturated rings. The van der Waals surface area contributed by atoms with Gasteiger partial charge in [0.05, 0.1) is 6.42 Å². The first-order valence-corrected chi connectivity index (χ1v) is 9.31. The summed E-state index contributed by atoms with van der Waals surface area (Å²) in [5, 5.41) is 3.07. The molecule has 1 aromatic rings. The van der Waals surface area contributed by atoms with Crippen LogP contribution in [0.25, 0.3) is 0 Å². The van der Waals surface area contributed by atoms with Crippen LogP contribution in [0.5, 0.6) is 0 Å². The summed E-state index contributed by atoms with van der Waals surface area (Å²) in [5.41, 5.74) is 2.42. The number of rotatable bonds is 8. The Morgan fingerprint density at radius 3 is 2.61 bits per heavy atom. The zero-order valence-electron chi connectivity index (χ0n) is 14.8. The van der Waals surface area contributed by atoms with Crippen molar-refractivity contribution in [3.63, 3.8) is 0 Å². The minimum Gasteiger partial charge on any atom is -0.356 e. The highest BCUT2D eigenvalue weighted by molar-refractivity contribution is 5.78. The third-order valence-electron chi connectivity index (χ3n) is 4.96. The van der Waals surface area contributed by atoms with E-state index in [1.165, 1.54) is 37.8 Å². The standard InChI is InChI=1S/C20H32N2O/c1-3-17-9-11-18(12-10-17)16-20(23)21-13-7-15-22-14-6-5-8-19(22)4-2/h9-12,19H,3-8,13-16H2,1-2H3,(H,21,23). The van der Waals surface area contributed by atoms with Gasteiger partial charge in [-0.1, -0.05) is 44.5 Å². The Kier molecular flexibility index (Phi) is 7.60. The third kappa shape index (κ3) is 5.98. The Balaban J connectivity index is 1.64. The predicted octanol–water partition coefficient (Wildman–Crippen LogP) is 3.56. The lowest BCUT2D eigenvalue weighted by molar-refractivity contribution is -0.120.